The van der Waals surface area contributed by atoms with Gasteiger partial charge in [-0.2, -0.15) is 0 Å². The number of methoxy groups -OCH3 is 1. The second-order valence-corrected chi connectivity index (χ2v) is 5.73. The lowest BCUT2D eigenvalue weighted by Gasteiger charge is -2.21. The van der Waals surface area contributed by atoms with Gasteiger partial charge in [-0.15, -0.1) is 11.3 Å². The van der Waals surface area contributed by atoms with Crippen LogP contribution in [0, 0.1) is 6.92 Å². The lowest BCUT2D eigenvalue weighted by molar-refractivity contribution is 0.0276. The minimum absolute atomic E-state index is 0.0679. The van der Waals surface area contributed by atoms with E-state index in [-0.39, 0.29) is 6.10 Å². The van der Waals surface area contributed by atoms with Gasteiger partial charge in [0.05, 0.1) is 19.4 Å². The summed E-state index contributed by atoms with van der Waals surface area (Å²) in [4.78, 5) is 4.73. The van der Waals surface area contributed by atoms with Crippen molar-refractivity contribution >= 4 is 11.3 Å². The van der Waals surface area contributed by atoms with Crippen molar-refractivity contribution in [3.63, 3.8) is 0 Å². The summed E-state index contributed by atoms with van der Waals surface area (Å²) in [5, 5.41) is 6.43. The zero-order valence-electron chi connectivity index (χ0n) is 11.7. The van der Waals surface area contributed by atoms with Crippen LogP contribution in [0.15, 0.2) is 23.6 Å². The summed E-state index contributed by atoms with van der Waals surface area (Å²) < 4.78 is 11.2. The number of nitrogens with one attached hydrogen (secondary N) is 1. The first-order chi connectivity index (χ1) is 9.78. The fraction of sp³-hybridized carbons (Fsp3) is 0.400. The van der Waals surface area contributed by atoms with Gasteiger partial charge in [0.25, 0.3) is 0 Å². The number of nitrogens with zero attached hydrogens (tertiary/aromatic N) is 1. The zero-order valence-corrected chi connectivity index (χ0v) is 12.5. The number of ether oxygens (including phenoxy) is 2. The molecule has 20 heavy (non-hydrogen) atoms. The van der Waals surface area contributed by atoms with Crippen LogP contribution in [0.25, 0.3) is 11.3 Å². The van der Waals surface area contributed by atoms with E-state index in [2.05, 4.69) is 23.7 Å². The minimum atomic E-state index is 0.0679. The molecule has 1 unspecified atom stereocenters. The van der Waals surface area contributed by atoms with Crippen LogP contribution in [0.5, 0.6) is 5.75 Å². The summed E-state index contributed by atoms with van der Waals surface area (Å²) in [6.45, 7) is 4.57. The molecule has 1 aromatic heterocycles. The number of rotatable bonds is 3. The molecule has 1 aliphatic rings. The van der Waals surface area contributed by atoms with Crippen LogP contribution >= 0.6 is 11.3 Å². The number of aryl methyl sites for hydroxylation is 1. The topological polar surface area (TPSA) is 43.4 Å². The molecule has 1 aromatic carbocycles. The van der Waals surface area contributed by atoms with Crippen molar-refractivity contribution in [2.45, 2.75) is 13.0 Å². The lowest BCUT2D eigenvalue weighted by Crippen LogP contribution is -2.33. The molecule has 4 nitrogen and oxygen atoms in total. The van der Waals surface area contributed by atoms with Crippen LogP contribution in [0.3, 0.4) is 0 Å². The molecule has 0 bridgehead atoms. The molecule has 1 fully saturated rings. The van der Waals surface area contributed by atoms with E-state index in [9.17, 15) is 0 Å². The molecule has 1 atom stereocenters. The van der Waals surface area contributed by atoms with Gasteiger partial charge in [-0.3, -0.25) is 0 Å². The number of hydrogen-bond donors (Lipinski definition) is 1. The molecule has 1 aliphatic heterocycles. The molecule has 0 radical (unpaired) electrons. The monoisotopic (exact) mass is 290 g/mol. The minimum Gasteiger partial charge on any atom is -0.496 e. The summed E-state index contributed by atoms with van der Waals surface area (Å²) >= 11 is 1.64. The summed E-state index contributed by atoms with van der Waals surface area (Å²) in [5.41, 5.74) is 3.20. The van der Waals surface area contributed by atoms with Crippen LogP contribution in [-0.4, -0.2) is 31.8 Å². The smallest absolute Gasteiger partial charge is 0.128 e. The third kappa shape index (κ3) is 2.70. The second kappa shape index (κ2) is 5.91. The average Bonchev–Trinajstić information content (AvgIpc) is 2.98. The van der Waals surface area contributed by atoms with Crippen molar-refractivity contribution in [2.75, 3.05) is 26.8 Å². The largest absolute Gasteiger partial charge is 0.496 e. The van der Waals surface area contributed by atoms with E-state index in [0.717, 1.165) is 41.7 Å². The van der Waals surface area contributed by atoms with E-state index < -0.39 is 0 Å². The molecule has 3 rings (SSSR count). The van der Waals surface area contributed by atoms with Gasteiger partial charge in [0.2, 0.25) is 0 Å². The summed E-state index contributed by atoms with van der Waals surface area (Å²) in [7, 11) is 1.69. The third-order valence-corrected chi connectivity index (χ3v) is 4.29. The molecule has 1 N–H and O–H groups in total. The third-order valence-electron chi connectivity index (χ3n) is 3.36. The molecule has 106 valence electrons. The summed E-state index contributed by atoms with van der Waals surface area (Å²) in [6, 6.07) is 6.14. The van der Waals surface area contributed by atoms with E-state index in [4.69, 9.17) is 14.5 Å². The number of aromatic nitrogens is 1. The van der Waals surface area contributed by atoms with Crippen molar-refractivity contribution in [3.8, 4) is 17.0 Å². The predicted molar refractivity (Wildman–Crippen MR) is 80.4 cm³/mol. The van der Waals surface area contributed by atoms with Crippen molar-refractivity contribution in [1.29, 1.82) is 0 Å². The standard InChI is InChI=1S/C15H18N2O2S/c1-10-3-4-13(18-2)11(7-10)12-9-20-15(17-12)14-8-16-5-6-19-14/h3-4,7,9,14,16H,5-6,8H2,1-2H3. The van der Waals surface area contributed by atoms with E-state index in [0.29, 0.717) is 0 Å². The molecule has 2 heterocycles. The van der Waals surface area contributed by atoms with Gasteiger partial charge in [-0.1, -0.05) is 11.6 Å². The first-order valence-corrected chi connectivity index (χ1v) is 7.58. The van der Waals surface area contributed by atoms with Crippen LogP contribution in [0.4, 0.5) is 0 Å². The predicted octanol–water partition coefficient (Wildman–Crippen LogP) is 2.79. The Bertz CT molecular complexity index is 591. The highest BCUT2D eigenvalue weighted by molar-refractivity contribution is 7.10. The fourth-order valence-corrected chi connectivity index (χ4v) is 3.17. The zero-order chi connectivity index (χ0) is 13.9. The molecule has 5 heteroatoms. The Hall–Kier alpha value is -1.43. The molecular weight excluding hydrogens is 272 g/mol. The highest BCUT2D eigenvalue weighted by Gasteiger charge is 2.20. The van der Waals surface area contributed by atoms with Gasteiger partial charge in [0.15, 0.2) is 0 Å². The Balaban J connectivity index is 1.91. The van der Waals surface area contributed by atoms with E-state index in [1.165, 1.54) is 5.56 Å². The maximum Gasteiger partial charge on any atom is 0.128 e. The number of morpholine rings is 1. The van der Waals surface area contributed by atoms with E-state index >= 15 is 0 Å². The summed E-state index contributed by atoms with van der Waals surface area (Å²) in [6.07, 6.45) is 0.0679. The molecule has 0 aliphatic carbocycles. The van der Waals surface area contributed by atoms with Crippen molar-refractivity contribution < 1.29 is 9.47 Å². The van der Waals surface area contributed by atoms with Crippen LogP contribution < -0.4 is 10.1 Å². The Kier molecular flexibility index (Phi) is 4.00. The molecule has 1 saturated heterocycles. The molecule has 2 aromatic rings. The Morgan fingerprint density at radius 3 is 3.10 bits per heavy atom. The van der Waals surface area contributed by atoms with Crippen LogP contribution in [0.1, 0.15) is 16.7 Å². The molecule has 0 amide bonds. The summed E-state index contributed by atoms with van der Waals surface area (Å²) in [5.74, 6) is 0.857. The number of benzene rings is 1. The first kappa shape index (κ1) is 13.5. The quantitative estimate of drug-likeness (QED) is 0.944. The Labute approximate surface area is 122 Å². The van der Waals surface area contributed by atoms with Gasteiger partial charge < -0.3 is 14.8 Å². The number of thiazole rings is 1. The van der Waals surface area contributed by atoms with Gasteiger partial charge in [0.1, 0.15) is 16.9 Å². The van der Waals surface area contributed by atoms with Crippen LogP contribution in [-0.2, 0) is 4.74 Å². The van der Waals surface area contributed by atoms with Gasteiger partial charge in [-0.25, -0.2) is 4.98 Å². The van der Waals surface area contributed by atoms with Crippen molar-refractivity contribution in [1.82, 2.24) is 10.3 Å². The van der Waals surface area contributed by atoms with Gasteiger partial charge in [-0.05, 0) is 19.1 Å². The normalized spacial score (nSPS) is 19.0. The average molecular weight is 290 g/mol. The molecular formula is C15H18N2O2S. The van der Waals surface area contributed by atoms with Gasteiger partial charge in [0, 0.05) is 24.0 Å². The Morgan fingerprint density at radius 1 is 1.45 bits per heavy atom. The van der Waals surface area contributed by atoms with Gasteiger partial charge >= 0.3 is 0 Å². The van der Waals surface area contributed by atoms with Crippen molar-refractivity contribution in [2.24, 2.45) is 0 Å². The van der Waals surface area contributed by atoms with Crippen molar-refractivity contribution in [3.05, 3.63) is 34.2 Å². The molecule has 0 saturated carbocycles. The highest BCUT2D eigenvalue weighted by atomic mass is 32.1. The van der Waals surface area contributed by atoms with E-state index in [1.54, 1.807) is 18.4 Å². The fourth-order valence-electron chi connectivity index (χ4n) is 2.31. The molecule has 0 spiro atoms. The lowest BCUT2D eigenvalue weighted by atomic mass is 10.1. The number of hydrogen-bond acceptors (Lipinski definition) is 5. The first-order valence-electron chi connectivity index (χ1n) is 6.70. The second-order valence-electron chi connectivity index (χ2n) is 4.84. The van der Waals surface area contributed by atoms with E-state index in [1.807, 2.05) is 12.1 Å². The highest BCUT2D eigenvalue weighted by Crippen LogP contribution is 2.33. The van der Waals surface area contributed by atoms with Crippen LogP contribution in [0.2, 0.25) is 0 Å². The Morgan fingerprint density at radius 2 is 2.35 bits per heavy atom. The maximum absolute atomic E-state index is 5.75. The maximum atomic E-state index is 5.75. The SMILES string of the molecule is COc1ccc(C)cc1-c1csc(C2CNCCO2)n1.